The minimum atomic E-state index is -0.990. The molecular weight excluding hydrogens is 794 g/mol. The second-order valence-electron chi connectivity index (χ2n) is 16.3. The molecule has 0 radical (unpaired) electrons. The summed E-state index contributed by atoms with van der Waals surface area (Å²) in [5.41, 5.74) is 2.33. The van der Waals surface area contributed by atoms with Crippen LogP contribution in [0.3, 0.4) is 0 Å². The van der Waals surface area contributed by atoms with Crippen LogP contribution in [0.1, 0.15) is 73.6 Å². The van der Waals surface area contributed by atoms with Crippen molar-refractivity contribution in [3.63, 3.8) is 0 Å². The fourth-order valence-corrected chi connectivity index (χ4v) is 8.17. The van der Waals surface area contributed by atoms with Crippen molar-refractivity contribution < 1.29 is 40.9 Å². The van der Waals surface area contributed by atoms with Crippen LogP contribution in [0, 0.1) is 40.9 Å². The van der Waals surface area contributed by atoms with Crippen molar-refractivity contribution in [2.45, 2.75) is 70.7 Å². The highest BCUT2D eigenvalue weighted by Crippen LogP contribution is 2.31. The quantitative estimate of drug-likeness (QED) is 0.0911. The minimum Gasteiger partial charge on any atom is -0.356 e. The molecule has 5 atom stereocenters. The zero-order valence-corrected chi connectivity index (χ0v) is 33.9. The third-order valence-corrected chi connectivity index (χ3v) is 11.2. The standard InChI is InChI=1S/C47H46F5N5O4/c1-27(2)18-42-46(59)53-40(25-56(42)24-34-23-44(61-55-34)31-10-13-32(48)14-11-31)36-16-8-29(21-39(36)52)19-28(3)20-43-47(60)54-41(35-6-4-5-7-37(35)50)26-57(43)45(58)17-12-30-9-15-33(49)22-38(30)51/h4-17,21-23,27-28,40-43H,18-20,24-26H2,1-3H3,(H,53,59)(H,54,60). The van der Waals surface area contributed by atoms with E-state index in [2.05, 4.69) is 15.8 Å². The molecule has 0 spiro atoms. The van der Waals surface area contributed by atoms with Crippen LogP contribution >= 0.6 is 0 Å². The van der Waals surface area contributed by atoms with Crippen molar-refractivity contribution in [1.29, 1.82) is 0 Å². The molecule has 61 heavy (non-hydrogen) atoms. The van der Waals surface area contributed by atoms with Crippen LogP contribution in [0.4, 0.5) is 22.0 Å². The smallest absolute Gasteiger partial charge is 0.247 e. The first-order valence-electron chi connectivity index (χ1n) is 20.2. The van der Waals surface area contributed by atoms with E-state index in [9.17, 15) is 31.9 Å². The summed E-state index contributed by atoms with van der Waals surface area (Å²) in [5.74, 6) is -4.05. The molecule has 0 aliphatic carbocycles. The molecule has 2 saturated heterocycles. The van der Waals surface area contributed by atoms with Gasteiger partial charge in [0.2, 0.25) is 17.7 Å². The van der Waals surface area contributed by atoms with Gasteiger partial charge in [-0.15, -0.1) is 0 Å². The lowest BCUT2D eigenvalue weighted by atomic mass is 9.89. The van der Waals surface area contributed by atoms with Gasteiger partial charge in [-0.2, -0.15) is 0 Å². The van der Waals surface area contributed by atoms with Crippen LogP contribution in [0.5, 0.6) is 0 Å². The Hall–Kier alpha value is -6.15. The molecule has 3 amide bonds. The number of piperazine rings is 2. The molecule has 3 heterocycles. The largest absolute Gasteiger partial charge is 0.356 e. The van der Waals surface area contributed by atoms with E-state index in [4.69, 9.17) is 4.52 Å². The summed E-state index contributed by atoms with van der Waals surface area (Å²) in [6.45, 7) is 6.40. The monoisotopic (exact) mass is 839 g/mol. The number of nitrogens with one attached hydrogen (secondary N) is 2. The highest BCUT2D eigenvalue weighted by molar-refractivity contribution is 5.96. The second kappa shape index (κ2) is 18.6. The molecular formula is C47H46F5N5O4. The Bertz CT molecular complexity index is 2420. The first-order chi connectivity index (χ1) is 29.2. The zero-order chi connectivity index (χ0) is 43.4. The first-order valence-corrected chi connectivity index (χ1v) is 20.2. The molecule has 1 aromatic heterocycles. The number of hydrogen-bond donors (Lipinski definition) is 2. The van der Waals surface area contributed by atoms with Gasteiger partial charge in [-0.3, -0.25) is 19.3 Å². The van der Waals surface area contributed by atoms with Gasteiger partial charge < -0.3 is 20.1 Å². The lowest BCUT2D eigenvalue weighted by molar-refractivity contribution is -0.142. The van der Waals surface area contributed by atoms with Gasteiger partial charge in [-0.05, 0) is 91.3 Å². The SMILES string of the molecule is CC(C)CC1C(=O)NC(c2ccc(CC(C)CC3C(=O)NC(c4ccccc4F)CN3C(=O)C=Cc3ccc(F)cc3F)cc2F)CN1Cc1cc(-c2ccc(F)cc2)on1. The lowest BCUT2D eigenvalue weighted by Gasteiger charge is -2.40. The van der Waals surface area contributed by atoms with Crippen molar-refractivity contribution in [2.24, 2.45) is 11.8 Å². The van der Waals surface area contributed by atoms with Gasteiger partial charge in [0.15, 0.2) is 5.76 Å². The van der Waals surface area contributed by atoms with Crippen molar-refractivity contribution in [3.05, 3.63) is 154 Å². The Morgan fingerprint density at radius 3 is 2.16 bits per heavy atom. The summed E-state index contributed by atoms with van der Waals surface area (Å²) in [4.78, 5) is 44.2. The van der Waals surface area contributed by atoms with Gasteiger partial charge in [0.1, 0.15) is 35.1 Å². The van der Waals surface area contributed by atoms with Crippen molar-refractivity contribution in [2.75, 3.05) is 13.1 Å². The van der Waals surface area contributed by atoms with E-state index in [-0.39, 0.29) is 54.2 Å². The molecule has 0 saturated carbocycles. The number of carbonyl (C=O) groups is 3. The van der Waals surface area contributed by atoms with E-state index < -0.39 is 59.3 Å². The van der Waals surface area contributed by atoms with E-state index >= 15 is 4.39 Å². The number of nitrogens with zero attached hydrogens (tertiary/aromatic N) is 3. The van der Waals surface area contributed by atoms with E-state index in [1.807, 2.05) is 25.7 Å². The summed E-state index contributed by atoms with van der Waals surface area (Å²) in [5, 5.41) is 10.1. The molecule has 2 N–H and O–H groups in total. The van der Waals surface area contributed by atoms with Gasteiger partial charge in [0.25, 0.3) is 0 Å². The number of aromatic nitrogens is 1. The van der Waals surface area contributed by atoms with Gasteiger partial charge >= 0.3 is 0 Å². The third-order valence-electron chi connectivity index (χ3n) is 11.2. The molecule has 318 valence electrons. The van der Waals surface area contributed by atoms with Crippen LogP contribution in [0.25, 0.3) is 17.4 Å². The highest BCUT2D eigenvalue weighted by atomic mass is 19.1. The molecule has 2 aliphatic heterocycles. The molecule has 5 unspecified atom stereocenters. The van der Waals surface area contributed by atoms with Gasteiger partial charge in [-0.1, -0.05) is 56.3 Å². The molecule has 4 aromatic carbocycles. The highest BCUT2D eigenvalue weighted by Gasteiger charge is 2.39. The average Bonchev–Trinajstić information content (AvgIpc) is 3.68. The summed E-state index contributed by atoms with van der Waals surface area (Å²) >= 11 is 0. The molecule has 7 rings (SSSR count). The topological polar surface area (TPSA) is 108 Å². The summed E-state index contributed by atoms with van der Waals surface area (Å²) in [6, 6.07) is 18.3. The van der Waals surface area contributed by atoms with Gasteiger partial charge in [-0.25, -0.2) is 22.0 Å². The molecule has 9 nitrogen and oxygen atoms in total. The molecule has 0 bridgehead atoms. The van der Waals surface area contributed by atoms with Crippen LogP contribution in [-0.4, -0.2) is 57.9 Å². The Balaban J connectivity index is 1.05. The maximum absolute atomic E-state index is 16.1. The van der Waals surface area contributed by atoms with Crippen molar-refractivity contribution in [1.82, 2.24) is 25.6 Å². The molecule has 2 aliphatic rings. The number of carbonyl (C=O) groups excluding carboxylic acids is 3. The summed E-state index contributed by atoms with van der Waals surface area (Å²) in [6.07, 6.45) is 3.37. The van der Waals surface area contributed by atoms with E-state index in [0.29, 0.717) is 53.6 Å². The van der Waals surface area contributed by atoms with Gasteiger partial charge in [0.05, 0.1) is 23.8 Å². The van der Waals surface area contributed by atoms with Crippen LogP contribution in [0.2, 0.25) is 0 Å². The number of benzene rings is 4. The van der Waals surface area contributed by atoms with Crippen LogP contribution in [-0.2, 0) is 27.3 Å². The maximum Gasteiger partial charge on any atom is 0.247 e. The Morgan fingerprint density at radius 2 is 1.46 bits per heavy atom. The number of hydrogen-bond acceptors (Lipinski definition) is 6. The number of rotatable bonds is 13. The fourth-order valence-electron chi connectivity index (χ4n) is 8.17. The van der Waals surface area contributed by atoms with Crippen molar-refractivity contribution in [3.8, 4) is 11.3 Å². The predicted octanol–water partition coefficient (Wildman–Crippen LogP) is 8.48. The summed E-state index contributed by atoms with van der Waals surface area (Å²) in [7, 11) is 0. The lowest BCUT2D eigenvalue weighted by Crippen LogP contribution is -2.58. The third kappa shape index (κ3) is 10.2. The molecule has 14 heteroatoms. The predicted molar refractivity (Wildman–Crippen MR) is 218 cm³/mol. The second-order valence-corrected chi connectivity index (χ2v) is 16.3. The Labute approximate surface area is 350 Å². The van der Waals surface area contributed by atoms with E-state index in [0.717, 1.165) is 12.1 Å². The van der Waals surface area contributed by atoms with Crippen LogP contribution < -0.4 is 10.6 Å². The van der Waals surface area contributed by atoms with E-state index in [1.165, 1.54) is 53.4 Å². The molecule has 2 fully saturated rings. The number of amides is 3. The van der Waals surface area contributed by atoms with Crippen molar-refractivity contribution >= 4 is 23.8 Å². The number of halogens is 5. The normalized spacial score (nSPS) is 20.2. The fraction of sp³-hybridized carbons (Fsp3) is 0.319. The maximum atomic E-state index is 16.1. The average molecular weight is 840 g/mol. The Kier molecular flexibility index (Phi) is 13.1. The van der Waals surface area contributed by atoms with E-state index in [1.54, 1.807) is 36.4 Å². The summed E-state index contributed by atoms with van der Waals surface area (Å²) < 4.78 is 77.9. The minimum absolute atomic E-state index is 0.0276. The zero-order valence-electron chi connectivity index (χ0n) is 33.9. The van der Waals surface area contributed by atoms with Gasteiger partial charge in [0, 0.05) is 60.1 Å². The Morgan fingerprint density at radius 1 is 0.770 bits per heavy atom. The van der Waals surface area contributed by atoms with Crippen LogP contribution in [0.15, 0.2) is 102 Å². The molecule has 5 aromatic rings. The first kappa shape index (κ1) is 43.0.